The summed E-state index contributed by atoms with van der Waals surface area (Å²) in [5.41, 5.74) is 6.37. The van der Waals surface area contributed by atoms with Gasteiger partial charge in [-0.05, 0) is 24.7 Å². The normalized spacial score (nSPS) is 26.6. The molecule has 0 spiro atoms. The zero-order chi connectivity index (χ0) is 16.1. The van der Waals surface area contributed by atoms with E-state index in [1.165, 1.54) is 19.1 Å². The average Bonchev–Trinajstić information content (AvgIpc) is 2.99. The minimum absolute atomic E-state index is 0.149. The molecule has 1 amide bonds. The van der Waals surface area contributed by atoms with Crippen LogP contribution in [-0.2, 0) is 0 Å². The lowest BCUT2D eigenvalue weighted by atomic mass is 9.78. The molecule has 4 unspecified atom stereocenters. The van der Waals surface area contributed by atoms with Gasteiger partial charge >= 0.3 is 0 Å². The van der Waals surface area contributed by atoms with Gasteiger partial charge in [0.25, 0.3) is 5.91 Å². The van der Waals surface area contributed by atoms with Crippen LogP contribution in [0.1, 0.15) is 81.7 Å². The predicted molar refractivity (Wildman–Crippen MR) is 86.4 cm³/mol. The first-order chi connectivity index (χ1) is 10.5. The van der Waals surface area contributed by atoms with E-state index in [0.717, 1.165) is 25.7 Å². The molecule has 124 valence electrons. The Kier molecular flexibility index (Phi) is 6.00. The zero-order valence-corrected chi connectivity index (χ0v) is 14.0. The molecule has 0 aliphatic heterocycles. The van der Waals surface area contributed by atoms with Crippen molar-refractivity contribution in [2.45, 2.75) is 71.4 Å². The molecule has 3 N–H and O–H groups in total. The Morgan fingerprint density at radius 2 is 2.27 bits per heavy atom. The van der Waals surface area contributed by atoms with E-state index >= 15 is 0 Å². The smallest absolute Gasteiger partial charge is 0.273 e. The fourth-order valence-corrected chi connectivity index (χ4v) is 3.14. The lowest BCUT2D eigenvalue weighted by molar-refractivity contribution is 0.0886. The molecule has 4 atom stereocenters. The molecule has 0 saturated heterocycles. The van der Waals surface area contributed by atoms with Gasteiger partial charge in [0.1, 0.15) is 6.26 Å². The highest BCUT2D eigenvalue weighted by atomic mass is 16.3. The van der Waals surface area contributed by atoms with Gasteiger partial charge in [-0.15, -0.1) is 0 Å². The van der Waals surface area contributed by atoms with Gasteiger partial charge in [0.05, 0.1) is 6.04 Å². The third-order valence-electron chi connectivity index (χ3n) is 4.96. The molecule has 1 saturated carbocycles. The minimum atomic E-state index is -0.227. The summed E-state index contributed by atoms with van der Waals surface area (Å²) in [6.07, 6.45) is 7.82. The maximum Gasteiger partial charge on any atom is 0.273 e. The number of hydrogen-bond acceptors (Lipinski definition) is 4. The van der Waals surface area contributed by atoms with Gasteiger partial charge in [-0.2, -0.15) is 0 Å². The summed E-state index contributed by atoms with van der Waals surface area (Å²) in [6.45, 7) is 6.58. The number of nitrogens with two attached hydrogens (primary N) is 1. The Balaban J connectivity index is 1.94. The lowest BCUT2D eigenvalue weighted by Crippen LogP contribution is -2.43. The highest BCUT2D eigenvalue weighted by molar-refractivity contribution is 5.92. The molecule has 1 aromatic heterocycles. The van der Waals surface area contributed by atoms with Gasteiger partial charge in [0.2, 0.25) is 5.89 Å². The van der Waals surface area contributed by atoms with Gasteiger partial charge in [0.15, 0.2) is 5.69 Å². The monoisotopic (exact) mass is 307 g/mol. The van der Waals surface area contributed by atoms with Gasteiger partial charge in [-0.3, -0.25) is 4.79 Å². The lowest BCUT2D eigenvalue weighted by Gasteiger charge is -2.34. The van der Waals surface area contributed by atoms with Crippen LogP contribution in [0.2, 0.25) is 0 Å². The van der Waals surface area contributed by atoms with E-state index in [2.05, 4.69) is 31.1 Å². The van der Waals surface area contributed by atoms with E-state index in [1.807, 2.05) is 0 Å². The number of unbranched alkanes of at least 4 members (excludes halogenated alkanes) is 1. The Labute approximate surface area is 133 Å². The van der Waals surface area contributed by atoms with Gasteiger partial charge in [-0.1, -0.05) is 46.5 Å². The largest absolute Gasteiger partial charge is 0.446 e. The molecule has 1 heterocycles. The fourth-order valence-electron chi connectivity index (χ4n) is 3.14. The number of nitrogens with zero attached hydrogens (tertiary/aromatic N) is 1. The van der Waals surface area contributed by atoms with Crippen molar-refractivity contribution in [1.82, 2.24) is 10.3 Å². The first-order valence-electron chi connectivity index (χ1n) is 8.54. The topological polar surface area (TPSA) is 81.1 Å². The van der Waals surface area contributed by atoms with Crippen molar-refractivity contribution in [3.8, 4) is 0 Å². The standard InChI is InChI=1S/C17H29N3O2/c1-4-5-8-13(18)17-20-15(10-22-17)16(21)19-14-9-6-7-11(2)12(14)3/h10-14H,4-9,18H2,1-3H3,(H,19,21). The van der Waals surface area contributed by atoms with Crippen LogP contribution in [0, 0.1) is 11.8 Å². The van der Waals surface area contributed by atoms with Crippen LogP contribution in [-0.4, -0.2) is 16.9 Å². The first-order valence-corrected chi connectivity index (χ1v) is 8.54. The number of oxazole rings is 1. The minimum Gasteiger partial charge on any atom is -0.446 e. The molecule has 1 aliphatic rings. The van der Waals surface area contributed by atoms with E-state index in [9.17, 15) is 4.79 Å². The summed E-state index contributed by atoms with van der Waals surface area (Å²) in [7, 11) is 0. The molecule has 5 nitrogen and oxygen atoms in total. The summed E-state index contributed by atoms with van der Waals surface area (Å²) >= 11 is 0. The molecule has 22 heavy (non-hydrogen) atoms. The molecule has 1 aromatic rings. The van der Waals surface area contributed by atoms with Crippen LogP contribution in [0.25, 0.3) is 0 Å². The third kappa shape index (κ3) is 4.09. The number of aromatic nitrogens is 1. The van der Waals surface area contributed by atoms with Crippen molar-refractivity contribution in [3.05, 3.63) is 17.8 Å². The number of carbonyl (C=O) groups is 1. The number of hydrogen-bond donors (Lipinski definition) is 2. The van der Waals surface area contributed by atoms with E-state index < -0.39 is 0 Å². The summed E-state index contributed by atoms with van der Waals surface area (Å²) in [6, 6.07) is 0.000270. The summed E-state index contributed by atoms with van der Waals surface area (Å²) in [4.78, 5) is 16.6. The third-order valence-corrected chi connectivity index (χ3v) is 4.96. The molecular weight excluding hydrogens is 278 g/mol. The maximum atomic E-state index is 12.3. The average molecular weight is 307 g/mol. The second-order valence-corrected chi connectivity index (χ2v) is 6.67. The summed E-state index contributed by atoms with van der Waals surface area (Å²) in [5, 5.41) is 3.11. The molecule has 1 fully saturated rings. The van der Waals surface area contributed by atoms with Crippen LogP contribution in [0.15, 0.2) is 10.7 Å². The maximum absolute atomic E-state index is 12.3. The summed E-state index contributed by atoms with van der Waals surface area (Å²) < 4.78 is 5.38. The van der Waals surface area contributed by atoms with Crippen molar-refractivity contribution in [1.29, 1.82) is 0 Å². The Morgan fingerprint density at radius 3 is 3.00 bits per heavy atom. The molecular formula is C17H29N3O2. The highest BCUT2D eigenvalue weighted by Gasteiger charge is 2.29. The fraction of sp³-hybridized carbons (Fsp3) is 0.765. The van der Waals surface area contributed by atoms with E-state index in [1.54, 1.807) is 0 Å². The van der Waals surface area contributed by atoms with Crippen molar-refractivity contribution in [2.75, 3.05) is 0 Å². The van der Waals surface area contributed by atoms with Crippen LogP contribution in [0.3, 0.4) is 0 Å². The second kappa shape index (κ2) is 7.77. The van der Waals surface area contributed by atoms with Crippen LogP contribution in [0.5, 0.6) is 0 Å². The number of nitrogens with one attached hydrogen (secondary N) is 1. The molecule has 0 aromatic carbocycles. The van der Waals surface area contributed by atoms with Gasteiger partial charge < -0.3 is 15.5 Å². The second-order valence-electron chi connectivity index (χ2n) is 6.67. The Bertz CT molecular complexity index is 486. The molecule has 0 radical (unpaired) electrons. The van der Waals surface area contributed by atoms with Crippen LogP contribution >= 0.6 is 0 Å². The SMILES string of the molecule is CCCCC(N)c1nc(C(=O)NC2CCCC(C)C2C)co1. The molecule has 2 rings (SSSR count). The van der Waals surface area contributed by atoms with Crippen molar-refractivity contribution in [3.63, 3.8) is 0 Å². The first kappa shape index (κ1) is 17.0. The van der Waals surface area contributed by atoms with Crippen molar-refractivity contribution < 1.29 is 9.21 Å². The predicted octanol–water partition coefficient (Wildman–Crippen LogP) is 3.42. The Hall–Kier alpha value is -1.36. The van der Waals surface area contributed by atoms with E-state index in [-0.39, 0.29) is 18.0 Å². The highest BCUT2D eigenvalue weighted by Crippen LogP contribution is 2.29. The van der Waals surface area contributed by atoms with Gasteiger partial charge in [0, 0.05) is 6.04 Å². The molecule has 1 aliphatic carbocycles. The number of carbonyl (C=O) groups excluding carboxylic acids is 1. The van der Waals surface area contributed by atoms with E-state index in [4.69, 9.17) is 10.2 Å². The van der Waals surface area contributed by atoms with E-state index in [0.29, 0.717) is 23.4 Å². The summed E-state index contributed by atoms with van der Waals surface area (Å²) in [5.74, 6) is 1.46. The van der Waals surface area contributed by atoms with Crippen molar-refractivity contribution >= 4 is 5.91 Å². The molecule has 0 bridgehead atoms. The Morgan fingerprint density at radius 1 is 1.50 bits per heavy atom. The zero-order valence-electron chi connectivity index (χ0n) is 14.0. The quantitative estimate of drug-likeness (QED) is 0.843. The number of amides is 1. The number of rotatable bonds is 6. The van der Waals surface area contributed by atoms with Crippen molar-refractivity contribution in [2.24, 2.45) is 17.6 Å². The van der Waals surface area contributed by atoms with Crippen LogP contribution < -0.4 is 11.1 Å². The molecule has 5 heteroatoms. The van der Waals surface area contributed by atoms with Gasteiger partial charge in [-0.25, -0.2) is 4.98 Å². The van der Waals surface area contributed by atoms with Crippen LogP contribution in [0.4, 0.5) is 0 Å².